The SMILES string of the molecule is CC(C)(C)[C@@H](NC(N)=O)C(=O)N1CCC(COc2ccccc2)CC1. The first-order valence-corrected chi connectivity index (χ1v) is 8.80. The summed E-state index contributed by atoms with van der Waals surface area (Å²) in [6, 6.07) is 8.48. The molecule has 25 heavy (non-hydrogen) atoms. The smallest absolute Gasteiger partial charge is 0.312 e. The first-order chi connectivity index (χ1) is 11.8. The summed E-state index contributed by atoms with van der Waals surface area (Å²) in [5.41, 5.74) is 4.85. The van der Waals surface area contributed by atoms with Crippen LogP contribution < -0.4 is 15.8 Å². The molecule has 1 heterocycles. The lowest BCUT2D eigenvalue weighted by Crippen LogP contribution is -2.57. The number of nitrogens with one attached hydrogen (secondary N) is 1. The average Bonchev–Trinajstić information content (AvgIpc) is 2.57. The summed E-state index contributed by atoms with van der Waals surface area (Å²) in [4.78, 5) is 25.9. The van der Waals surface area contributed by atoms with Gasteiger partial charge in [0.1, 0.15) is 11.8 Å². The minimum absolute atomic E-state index is 0.0614. The molecule has 138 valence electrons. The molecular weight excluding hydrogens is 318 g/mol. The minimum Gasteiger partial charge on any atom is -0.493 e. The minimum atomic E-state index is -0.667. The molecule has 6 nitrogen and oxygen atoms in total. The third kappa shape index (κ3) is 5.66. The topological polar surface area (TPSA) is 84.7 Å². The van der Waals surface area contributed by atoms with E-state index < -0.39 is 12.1 Å². The fourth-order valence-corrected chi connectivity index (χ4v) is 3.02. The van der Waals surface area contributed by atoms with Crippen molar-refractivity contribution >= 4 is 11.9 Å². The van der Waals surface area contributed by atoms with Crippen molar-refractivity contribution in [1.82, 2.24) is 10.2 Å². The molecule has 1 saturated heterocycles. The van der Waals surface area contributed by atoms with Gasteiger partial charge in [0.05, 0.1) is 6.61 Å². The number of likely N-dealkylation sites (tertiary alicyclic amines) is 1. The van der Waals surface area contributed by atoms with E-state index in [1.54, 1.807) is 0 Å². The van der Waals surface area contributed by atoms with Gasteiger partial charge in [-0.25, -0.2) is 4.79 Å². The number of carbonyl (C=O) groups excluding carboxylic acids is 2. The Hall–Kier alpha value is -2.24. The average molecular weight is 347 g/mol. The largest absolute Gasteiger partial charge is 0.493 e. The lowest BCUT2D eigenvalue weighted by Gasteiger charge is -2.38. The van der Waals surface area contributed by atoms with Crippen LogP contribution >= 0.6 is 0 Å². The van der Waals surface area contributed by atoms with Crippen LogP contribution in [0.2, 0.25) is 0 Å². The Bertz CT molecular complexity index is 575. The number of nitrogens with zero attached hydrogens (tertiary/aromatic N) is 1. The van der Waals surface area contributed by atoms with Gasteiger partial charge < -0.3 is 20.7 Å². The van der Waals surface area contributed by atoms with Crippen LogP contribution in [0, 0.1) is 11.3 Å². The predicted octanol–water partition coefficient (Wildman–Crippen LogP) is 2.39. The number of piperidine rings is 1. The number of urea groups is 1. The summed E-state index contributed by atoms with van der Waals surface area (Å²) in [6.45, 7) is 7.78. The van der Waals surface area contributed by atoms with E-state index in [4.69, 9.17) is 10.5 Å². The van der Waals surface area contributed by atoms with Crippen molar-refractivity contribution in [2.45, 2.75) is 39.7 Å². The van der Waals surface area contributed by atoms with Crippen molar-refractivity contribution in [2.75, 3.05) is 19.7 Å². The van der Waals surface area contributed by atoms with Gasteiger partial charge in [-0.3, -0.25) is 4.79 Å². The molecule has 1 atom stereocenters. The van der Waals surface area contributed by atoms with Crippen LogP contribution in [0.5, 0.6) is 5.75 Å². The summed E-state index contributed by atoms with van der Waals surface area (Å²) >= 11 is 0. The molecule has 3 amide bonds. The van der Waals surface area contributed by atoms with Gasteiger partial charge in [-0.1, -0.05) is 39.0 Å². The van der Waals surface area contributed by atoms with E-state index in [2.05, 4.69) is 5.32 Å². The second-order valence-electron chi connectivity index (χ2n) is 7.70. The van der Waals surface area contributed by atoms with E-state index in [1.807, 2.05) is 56.0 Å². The lowest BCUT2D eigenvalue weighted by atomic mass is 9.85. The molecule has 1 aromatic rings. The number of primary amides is 1. The Morgan fingerprint density at radius 2 is 1.84 bits per heavy atom. The van der Waals surface area contributed by atoms with Gasteiger partial charge in [0, 0.05) is 13.1 Å². The van der Waals surface area contributed by atoms with Crippen molar-refractivity contribution < 1.29 is 14.3 Å². The molecule has 1 aliphatic rings. The molecule has 0 saturated carbocycles. The second-order valence-corrected chi connectivity index (χ2v) is 7.70. The Morgan fingerprint density at radius 3 is 2.36 bits per heavy atom. The maximum atomic E-state index is 12.8. The van der Waals surface area contributed by atoms with Gasteiger partial charge in [-0.05, 0) is 36.3 Å². The molecule has 0 spiro atoms. The van der Waals surface area contributed by atoms with Crippen molar-refractivity contribution in [2.24, 2.45) is 17.1 Å². The van der Waals surface area contributed by atoms with Crippen molar-refractivity contribution in [3.63, 3.8) is 0 Å². The molecule has 0 bridgehead atoms. The molecule has 3 N–H and O–H groups in total. The zero-order valence-corrected chi connectivity index (χ0v) is 15.3. The van der Waals surface area contributed by atoms with Crippen LogP contribution in [0.4, 0.5) is 4.79 Å². The first-order valence-electron chi connectivity index (χ1n) is 8.80. The van der Waals surface area contributed by atoms with Crippen LogP contribution in [0.1, 0.15) is 33.6 Å². The zero-order valence-electron chi connectivity index (χ0n) is 15.3. The van der Waals surface area contributed by atoms with E-state index >= 15 is 0 Å². The van der Waals surface area contributed by atoms with Crippen molar-refractivity contribution in [3.05, 3.63) is 30.3 Å². The molecule has 2 rings (SSSR count). The van der Waals surface area contributed by atoms with E-state index in [0.717, 1.165) is 18.6 Å². The highest BCUT2D eigenvalue weighted by Gasteiger charge is 2.36. The molecule has 0 unspecified atom stereocenters. The number of benzene rings is 1. The van der Waals surface area contributed by atoms with E-state index in [1.165, 1.54) is 0 Å². The van der Waals surface area contributed by atoms with Gasteiger partial charge in [0.2, 0.25) is 5.91 Å². The second kappa shape index (κ2) is 8.23. The Labute approximate surface area is 149 Å². The lowest BCUT2D eigenvalue weighted by molar-refractivity contribution is -0.137. The zero-order chi connectivity index (χ0) is 18.4. The maximum absolute atomic E-state index is 12.8. The molecule has 0 aromatic heterocycles. The number of nitrogens with two attached hydrogens (primary N) is 1. The molecule has 0 radical (unpaired) electrons. The normalized spacial score (nSPS) is 17.0. The van der Waals surface area contributed by atoms with Gasteiger partial charge in [0.25, 0.3) is 0 Å². The standard InChI is InChI=1S/C19H29N3O3/c1-19(2,3)16(21-18(20)24)17(23)22-11-9-14(10-12-22)13-25-15-7-5-4-6-8-15/h4-8,14,16H,9-13H2,1-3H3,(H3,20,21,24)/t16-/m0/s1. The number of para-hydroxylation sites is 1. The molecule has 1 aliphatic heterocycles. The van der Waals surface area contributed by atoms with E-state index in [9.17, 15) is 9.59 Å². The summed E-state index contributed by atoms with van der Waals surface area (Å²) in [5.74, 6) is 1.25. The molecular formula is C19H29N3O3. The summed E-state index contributed by atoms with van der Waals surface area (Å²) < 4.78 is 5.82. The highest BCUT2D eigenvalue weighted by atomic mass is 16.5. The van der Waals surface area contributed by atoms with Crippen molar-refractivity contribution in [3.8, 4) is 5.75 Å². The molecule has 6 heteroatoms. The molecule has 1 fully saturated rings. The summed E-state index contributed by atoms with van der Waals surface area (Å²) in [7, 11) is 0. The fraction of sp³-hybridized carbons (Fsp3) is 0.579. The quantitative estimate of drug-likeness (QED) is 0.858. The Kier molecular flexibility index (Phi) is 6.28. The number of rotatable bonds is 5. The summed E-state index contributed by atoms with van der Waals surface area (Å²) in [6.07, 6.45) is 1.79. The predicted molar refractivity (Wildman–Crippen MR) is 97.2 cm³/mol. The van der Waals surface area contributed by atoms with E-state index in [0.29, 0.717) is 25.6 Å². The van der Waals surface area contributed by atoms with Crippen LogP contribution in [0.25, 0.3) is 0 Å². The van der Waals surface area contributed by atoms with Crippen LogP contribution in [0.3, 0.4) is 0 Å². The molecule has 0 aliphatic carbocycles. The van der Waals surface area contributed by atoms with Gasteiger partial charge >= 0.3 is 6.03 Å². The highest BCUT2D eigenvalue weighted by Crippen LogP contribution is 2.25. The van der Waals surface area contributed by atoms with Gasteiger partial charge in [-0.2, -0.15) is 0 Å². The number of hydrogen-bond acceptors (Lipinski definition) is 3. The summed E-state index contributed by atoms with van der Waals surface area (Å²) in [5, 5.41) is 2.60. The van der Waals surface area contributed by atoms with Crippen LogP contribution in [0.15, 0.2) is 30.3 Å². The number of amides is 3. The maximum Gasteiger partial charge on any atom is 0.312 e. The highest BCUT2D eigenvalue weighted by molar-refractivity contribution is 5.87. The first kappa shape index (κ1) is 19.1. The fourth-order valence-electron chi connectivity index (χ4n) is 3.02. The van der Waals surface area contributed by atoms with Gasteiger partial charge in [-0.15, -0.1) is 0 Å². The number of ether oxygens (including phenoxy) is 1. The van der Waals surface area contributed by atoms with Crippen LogP contribution in [-0.2, 0) is 4.79 Å². The third-order valence-corrected chi connectivity index (χ3v) is 4.55. The number of hydrogen-bond donors (Lipinski definition) is 2. The monoisotopic (exact) mass is 347 g/mol. The van der Waals surface area contributed by atoms with E-state index in [-0.39, 0.29) is 11.3 Å². The Balaban J connectivity index is 1.85. The Morgan fingerprint density at radius 1 is 1.24 bits per heavy atom. The number of carbonyl (C=O) groups is 2. The van der Waals surface area contributed by atoms with Gasteiger partial charge in [0.15, 0.2) is 0 Å². The van der Waals surface area contributed by atoms with Crippen LogP contribution in [-0.4, -0.2) is 42.6 Å². The van der Waals surface area contributed by atoms with Crippen molar-refractivity contribution in [1.29, 1.82) is 0 Å². The third-order valence-electron chi connectivity index (χ3n) is 4.55. The molecule has 1 aromatic carbocycles.